The number of aryl methyl sites for hydroxylation is 1. The summed E-state index contributed by atoms with van der Waals surface area (Å²) in [6.07, 6.45) is 1.85. The van der Waals surface area contributed by atoms with Crippen molar-refractivity contribution in [3.8, 4) is 5.75 Å². The summed E-state index contributed by atoms with van der Waals surface area (Å²) < 4.78 is 5.37. The van der Waals surface area contributed by atoms with Crippen LogP contribution in [0.25, 0.3) is 0 Å². The quantitative estimate of drug-likeness (QED) is 0.890. The summed E-state index contributed by atoms with van der Waals surface area (Å²) in [4.78, 5) is 4.27. The Bertz CT molecular complexity index is 508. The van der Waals surface area contributed by atoms with E-state index in [2.05, 4.69) is 23.3 Å². The molecule has 0 fully saturated rings. The second-order valence-electron chi connectivity index (χ2n) is 4.30. The van der Waals surface area contributed by atoms with Crippen LogP contribution in [-0.2, 0) is 0 Å². The van der Waals surface area contributed by atoms with Gasteiger partial charge in [-0.3, -0.25) is 4.98 Å². The lowest BCUT2D eigenvalue weighted by molar-refractivity contribution is 0.408. The van der Waals surface area contributed by atoms with Gasteiger partial charge in [0.05, 0.1) is 25.0 Å². The predicted octanol–water partition coefficient (Wildman–Crippen LogP) is 3.57. The predicted molar refractivity (Wildman–Crippen MR) is 74.0 cm³/mol. The first-order valence-corrected chi connectivity index (χ1v) is 6.03. The molecule has 1 heterocycles. The van der Waals surface area contributed by atoms with E-state index in [-0.39, 0.29) is 6.04 Å². The van der Waals surface area contributed by atoms with Gasteiger partial charge in [-0.15, -0.1) is 0 Å². The maximum Gasteiger partial charge on any atom is 0.124 e. The van der Waals surface area contributed by atoms with Gasteiger partial charge in [0.1, 0.15) is 5.75 Å². The van der Waals surface area contributed by atoms with Crippen LogP contribution in [0, 0.1) is 6.92 Å². The molecule has 0 aliphatic rings. The van der Waals surface area contributed by atoms with E-state index in [9.17, 15) is 0 Å². The SMILES string of the molecule is COc1ccccc1C(C)Nc1ccc(C)nc1. The zero-order valence-corrected chi connectivity index (χ0v) is 11.0. The molecular formula is C15H18N2O. The second kappa shape index (κ2) is 5.54. The summed E-state index contributed by atoms with van der Waals surface area (Å²) in [5.74, 6) is 0.901. The van der Waals surface area contributed by atoms with Gasteiger partial charge in [0.15, 0.2) is 0 Å². The van der Waals surface area contributed by atoms with E-state index in [0.717, 1.165) is 22.7 Å². The maximum atomic E-state index is 5.37. The van der Waals surface area contributed by atoms with Crippen molar-refractivity contribution in [1.29, 1.82) is 0 Å². The van der Waals surface area contributed by atoms with Crippen molar-refractivity contribution >= 4 is 5.69 Å². The number of methoxy groups -OCH3 is 1. The van der Waals surface area contributed by atoms with Crippen molar-refractivity contribution in [3.05, 3.63) is 53.9 Å². The number of para-hydroxylation sites is 1. The number of nitrogens with one attached hydrogen (secondary N) is 1. The van der Waals surface area contributed by atoms with Gasteiger partial charge in [0, 0.05) is 11.3 Å². The normalized spacial score (nSPS) is 11.9. The molecule has 1 unspecified atom stereocenters. The van der Waals surface area contributed by atoms with Crippen LogP contribution in [0.5, 0.6) is 5.75 Å². The Morgan fingerprint density at radius 1 is 1.17 bits per heavy atom. The molecule has 0 radical (unpaired) electrons. The van der Waals surface area contributed by atoms with Crippen molar-refractivity contribution in [3.63, 3.8) is 0 Å². The third-order valence-electron chi connectivity index (χ3n) is 2.90. The number of hydrogen-bond acceptors (Lipinski definition) is 3. The number of rotatable bonds is 4. The molecule has 1 N–H and O–H groups in total. The highest BCUT2D eigenvalue weighted by atomic mass is 16.5. The number of benzene rings is 1. The topological polar surface area (TPSA) is 34.1 Å². The molecule has 2 rings (SSSR count). The zero-order chi connectivity index (χ0) is 13.0. The third-order valence-corrected chi connectivity index (χ3v) is 2.90. The van der Waals surface area contributed by atoms with Crippen molar-refractivity contribution in [2.45, 2.75) is 19.9 Å². The summed E-state index contributed by atoms with van der Waals surface area (Å²) in [6.45, 7) is 4.09. The van der Waals surface area contributed by atoms with Gasteiger partial charge in [-0.1, -0.05) is 18.2 Å². The van der Waals surface area contributed by atoms with E-state index in [0.29, 0.717) is 0 Å². The molecule has 0 aliphatic heterocycles. The van der Waals surface area contributed by atoms with Crippen LogP contribution in [0.15, 0.2) is 42.6 Å². The molecule has 3 heteroatoms. The first kappa shape index (κ1) is 12.4. The van der Waals surface area contributed by atoms with Gasteiger partial charge >= 0.3 is 0 Å². The van der Waals surface area contributed by atoms with Crippen LogP contribution in [-0.4, -0.2) is 12.1 Å². The third kappa shape index (κ3) is 2.80. The fourth-order valence-corrected chi connectivity index (χ4v) is 1.91. The molecule has 0 saturated heterocycles. The molecule has 0 bridgehead atoms. The number of nitrogens with zero attached hydrogens (tertiary/aromatic N) is 1. The van der Waals surface area contributed by atoms with Crippen molar-refractivity contribution in [2.75, 3.05) is 12.4 Å². The average Bonchev–Trinajstić information content (AvgIpc) is 2.41. The lowest BCUT2D eigenvalue weighted by Gasteiger charge is -2.18. The average molecular weight is 242 g/mol. The number of hydrogen-bond donors (Lipinski definition) is 1. The minimum absolute atomic E-state index is 0.172. The molecule has 1 aromatic carbocycles. The summed E-state index contributed by atoms with van der Waals surface area (Å²) >= 11 is 0. The summed E-state index contributed by atoms with van der Waals surface area (Å²) in [6, 6.07) is 12.2. The lowest BCUT2D eigenvalue weighted by Crippen LogP contribution is -2.08. The Kier molecular flexibility index (Phi) is 3.82. The van der Waals surface area contributed by atoms with Crippen molar-refractivity contribution < 1.29 is 4.74 Å². The van der Waals surface area contributed by atoms with Crippen LogP contribution < -0.4 is 10.1 Å². The van der Waals surface area contributed by atoms with Gasteiger partial charge in [0.25, 0.3) is 0 Å². The van der Waals surface area contributed by atoms with E-state index in [1.807, 2.05) is 43.5 Å². The first-order chi connectivity index (χ1) is 8.70. The Labute approximate surface area is 108 Å². The Balaban J connectivity index is 2.16. The molecular weight excluding hydrogens is 224 g/mol. The van der Waals surface area contributed by atoms with Crippen molar-refractivity contribution in [2.24, 2.45) is 0 Å². The van der Waals surface area contributed by atoms with Crippen LogP contribution in [0.2, 0.25) is 0 Å². The number of aromatic nitrogens is 1. The van der Waals surface area contributed by atoms with Gasteiger partial charge in [0.2, 0.25) is 0 Å². The van der Waals surface area contributed by atoms with E-state index in [1.54, 1.807) is 7.11 Å². The van der Waals surface area contributed by atoms with Gasteiger partial charge in [-0.25, -0.2) is 0 Å². The fraction of sp³-hybridized carbons (Fsp3) is 0.267. The molecule has 1 aromatic heterocycles. The minimum Gasteiger partial charge on any atom is -0.496 e. The molecule has 0 spiro atoms. The van der Waals surface area contributed by atoms with Gasteiger partial charge in [-0.2, -0.15) is 0 Å². The molecule has 0 amide bonds. The smallest absolute Gasteiger partial charge is 0.124 e. The Morgan fingerprint density at radius 3 is 2.61 bits per heavy atom. The summed E-state index contributed by atoms with van der Waals surface area (Å²) in [7, 11) is 1.69. The zero-order valence-electron chi connectivity index (χ0n) is 11.0. The van der Waals surface area contributed by atoms with E-state index in [4.69, 9.17) is 4.74 Å². The fourth-order valence-electron chi connectivity index (χ4n) is 1.91. The molecule has 2 aromatic rings. The van der Waals surface area contributed by atoms with Crippen molar-refractivity contribution in [1.82, 2.24) is 4.98 Å². The standard InChI is InChI=1S/C15H18N2O/c1-11-8-9-13(10-16-11)17-12(2)14-6-4-5-7-15(14)18-3/h4-10,12,17H,1-3H3. The van der Waals surface area contributed by atoms with Gasteiger partial charge < -0.3 is 10.1 Å². The van der Waals surface area contributed by atoms with Crippen LogP contribution in [0.3, 0.4) is 0 Å². The summed E-state index contributed by atoms with van der Waals surface area (Å²) in [5, 5.41) is 3.42. The van der Waals surface area contributed by atoms with E-state index in [1.165, 1.54) is 0 Å². The highest BCUT2D eigenvalue weighted by Crippen LogP contribution is 2.27. The molecule has 0 aliphatic carbocycles. The van der Waals surface area contributed by atoms with Gasteiger partial charge in [-0.05, 0) is 32.0 Å². The maximum absolute atomic E-state index is 5.37. The van der Waals surface area contributed by atoms with E-state index >= 15 is 0 Å². The highest BCUT2D eigenvalue weighted by molar-refractivity contribution is 5.46. The Morgan fingerprint density at radius 2 is 1.94 bits per heavy atom. The monoisotopic (exact) mass is 242 g/mol. The number of ether oxygens (including phenoxy) is 1. The molecule has 18 heavy (non-hydrogen) atoms. The van der Waals surface area contributed by atoms with Crippen LogP contribution in [0.4, 0.5) is 5.69 Å². The second-order valence-corrected chi connectivity index (χ2v) is 4.30. The number of anilines is 1. The van der Waals surface area contributed by atoms with E-state index < -0.39 is 0 Å². The lowest BCUT2D eigenvalue weighted by atomic mass is 10.1. The summed E-state index contributed by atoms with van der Waals surface area (Å²) in [5.41, 5.74) is 3.17. The van der Waals surface area contributed by atoms with Crippen LogP contribution >= 0.6 is 0 Å². The molecule has 94 valence electrons. The number of pyridine rings is 1. The highest BCUT2D eigenvalue weighted by Gasteiger charge is 2.10. The molecule has 1 atom stereocenters. The largest absolute Gasteiger partial charge is 0.496 e. The molecule has 0 saturated carbocycles. The minimum atomic E-state index is 0.172. The molecule has 3 nitrogen and oxygen atoms in total. The first-order valence-electron chi connectivity index (χ1n) is 6.03. The van der Waals surface area contributed by atoms with Crippen LogP contribution in [0.1, 0.15) is 24.2 Å². The Hall–Kier alpha value is -2.03.